The smallest absolute Gasteiger partial charge is 0.335 e. The van der Waals surface area contributed by atoms with E-state index in [1.807, 2.05) is 4.90 Å². The number of hydrogen-bond donors (Lipinski definition) is 1. The fourth-order valence-electron chi connectivity index (χ4n) is 2.04. The van der Waals surface area contributed by atoms with Crippen molar-refractivity contribution in [2.45, 2.75) is 12.8 Å². The van der Waals surface area contributed by atoms with Crippen molar-refractivity contribution in [3.8, 4) is 0 Å². The highest BCUT2D eigenvalue weighted by atomic mass is 19.3. The van der Waals surface area contributed by atoms with Crippen molar-refractivity contribution < 1.29 is 18.7 Å². The Kier molecular flexibility index (Phi) is 3.26. The molecule has 1 fully saturated rings. The van der Waals surface area contributed by atoms with Gasteiger partial charge in [0.15, 0.2) is 0 Å². The number of carboxylic acids is 1. The van der Waals surface area contributed by atoms with Crippen LogP contribution in [-0.4, -0.2) is 30.6 Å². The largest absolute Gasteiger partial charge is 0.478 e. The van der Waals surface area contributed by atoms with E-state index in [4.69, 9.17) is 5.11 Å². The number of rotatable bonds is 3. The van der Waals surface area contributed by atoms with Gasteiger partial charge in [0.1, 0.15) is 0 Å². The molecule has 1 aromatic rings. The molecule has 1 N–H and O–H groups in total. The van der Waals surface area contributed by atoms with E-state index in [1.54, 1.807) is 12.1 Å². The van der Waals surface area contributed by atoms with E-state index >= 15 is 0 Å². The third-order valence-electron chi connectivity index (χ3n) is 3.06. The summed E-state index contributed by atoms with van der Waals surface area (Å²) in [6.45, 7) is 0.936. The number of benzene rings is 1. The van der Waals surface area contributed by atoms with Gasteiger partial charge in [-0.1, -0.05) is 0 Å². The summed E-state index contributed by atoms with van der Waals surface area (Å²) in [7, 11) is 0. The topological polar surface area (TPSA) is 40.5 Å². The molecule has 0 saturated carbocycles. The fourth-order valence-corrected chi connectivity index (χ4v) is 2.04. The minimum atomic E-state index is -2.28. The van der Waals surface area contributed by atoms with Gasteiger partial charge < -0.3 is 10.0 Å². The fraction of sp³-hybridized carbons (Fsp3) is 0.417. The summed E-state index contributed by atoms with van der Waals surface area (Å²) in [5.41, 5.74) is 1.01. The number of nitrogens with zero attached hydrogens (tertiary/aromatic N) is 1. The Balaban J connectivity index is 2.06. The van der Waals surface area contributed by atoms with Crippen LogP contribution < -0.4 is 4.90 Å². The molecule has 1 saturated heterocycles. The Bertz CT molecular complexity index is 405. The Morgan fingerprint density at radius 3 is 2.47 bits per heavy atom. The molecule has 0 aliphatic carbocycles. The van der Waals surface area contributed by atoms with Crippen molar-refractivity contribution in [1.29, 1.82) is 0 Å². The zero-order chi connectivity index (χ0) is 12.4. The van der Waals surface area contributed by atoms with Crippen LogP contribution in [0.4, 0.5) is 14.5 Å². The highest BCUT2D eigenvalue weighted by Crippen LogP contribution is 2.27. The van der Waals surface area contributed by atoms with Gasteiger partial charge in [-0.2, -0.15) is 0 Å². The summed E-state index contributed by atoms with van der Waals surface area (Å²) in [4.78, 5) is 12.5. The van der Waals surface area contributed by atoms with Crippen LogP contribution in [0.5, 0.6) is 0 Å². The molecule has 1 aliphatic heterocycles. The number of halogens is 2. The second kappa shape index (κ2) is 4.69. The molecule has 5 heteroatoms. The lowest BCUT2D eigenvalue weighted by Crippen LogP contribution is -2.21. The van der Waals surface area contributed by atoms with Crippen LogP contribution in [0.3, 0.4) is 0 Å². The number of hydrogen-bond acceptors (Lipinski definition) is 2. The van der Waals surface area contributed by atoms with E-state index < -0.39 is 18.3 Å². The van der Waals surface area contributed by atoms with Gasteiger partial charge in [-0.05, 0) is 30.7 Å². The summed E-state index contributed by atoms with van der Waals surface area (Å²) in [6, 6.07) is 6.31. The maximum atomic E-state index is 12.5. The maximum absolute atomic E-state index is 12.5. The van der Waals surface area contributed by atoms with Crippen LogP contribution in [0.25, 0.3) is 0 Å². The van der Waals surface area contributed by atoms with E-state index in [0.29, 0.717) is 19.5 Å². The second-order valence-corrected chi connectivity index (χ2v) is 4.18. The lowest BCUT2D eigenvalue weighted by Gasteiger charge is -2.18. The van der Waals surface area contributed by atoms with Crippen molar-refractivity contribution in [2.75, 3.05) is 18.0 Å². The van der Waals surface area contributed by atoms with Gasteiger partial charge >= 0.3 is 5.97 Å². The van der Waals surface area contributed by atoms with Crippen molar-refractivity contribution in [1.82, 2.24) is 0 Å². The first-order chi connectivity index (χ1) is 8.08. The van der Waals surface area contributed by atoms with Crippen molar-refractivity contribution in [3.05, 3.63) is 29.8 Å². The van der Waals surface area contributed by atoms with Crippen molar-refractivity contribution in [3.63, 3.8) is 0 Å². The Labute approximate surface area is 97.7 Å². The summed E-state index contributed by atoms with van der Waals surface area (Å²) in [5.74, 6) is -1.56. The first-order valence-electron chi connectivity index (χ1n) is 5.44. The average molecular weight is 241 g/mol. The minimum absolute atomic E-state index is 0.207. The summed E-state index contributed by atoms with van der Waals surface area (Å²) < 4.78 is 25.0. The lowest BCUT2D eigenvalue weighted by molar-refractivity contribution is 0.0696. The van der Waals surface area contributed by atoms with E-state index in [2.05, 4.69) is 0 Å². The monoisotopic (exact) mass is 241 g/mol. The molecule has 3 nitrogen and oxygen atoms in total. The van der Waals surface area contributed by atoms with Gasteiger partial charge in [0.25, 0.3) is 0 Å². The third kappa shape index (κ3) is 2.54. The SMILES string of the molecule is O=C(O)c1ccc(N2CC[C@H](C(F)F)C2)cc1. The number of anilines is 1. The van der Waals surface area contributed by atoms with Gasteiger partial charge in [0.05, 0.1) is 5.56 Å². The summed E-state index contributed by atoms with van der Waals surface area (Å²) in [6.07, 6.45) is -1.79. The van der Waals surface area contributed by atoms with Crippen LogP contribution in [-0.2, 0) is 0 Å². The molecular weight excluding hydrogens is 228 g/mol. The molecule has 2 rings (SSSR count). The third-order valence-corrected chi connectivity index (χ3v) is 3.06. The number of carboxylic acid groups (broad SMARTS) is 1. The zero-order valence-electron chi connectivity index (χ0n) is 9.14. The quantitative estimate of drug-likeness (QED) is 0.883. The van der Waals surface area contributed by atoms with E-state index in [9.17, 15) is 13.6 Å². The molecule has 17 heavy (non-hydrogen) atoms. The highest BCUT2D eigenvalue weighted by molar-refractivity contribution is 5.88. The molecule has 1 heterocycles. The van der Waals surface area contributed by atoms with Crippen LogP contribution in [0.15, 0.2) is 24.3 Å². The highest BCUT2D eigenvalue weighted by Gasteiger charge is 2.29. The molecule has 0 aromatic heterocycles. The predicted octanol–water partition coefficient (Wildman–Crippen LogP) is 2.48. The molecule has 0 bridgehead atoms. The van der Waals surface area contributed by atoms with Crippen LogP contribution in [0.1, 0.15) is 16.8 Å². The Morgan fingerprint density at radius 1 is 1.35 bits per heavy atom. The minimum Gasteiger partial charge on any atom is -0.478 e. The van der Waals surface area contributed by atoms with E-state index in [0.717, 1.165) is 5.69 Å². The molecule has 0 radical (unpaired) electrons. The first-order valence-corrected chi connectivity index (χ1v) is 5.44. The number of carbonyl (C=O) groups is 1. The summed E-state index contributed by atoms with van der Waals surface area (Å²) in [5, 5.41) is 8.74. The molecule has 1 atom stereocenters. The number of alkyl halides is 2. The molecule has 0 spiro atoms. The van der Waals surface area contributed by atoms with Crippen molar-refractivity contribution >= 4 is 11.7 Å². The normalized spacial score (nSPS) is 19.9. The van der Waals surface area contributed by atoms with Gasteiger partial charge in [0, 0.05) is 24.7 Å². The van der Waals surface area contributed by atoms with E-state index in [1.165, 1.54) is 12.1 Å². The molecule has 0 amide bonds. The molecule has 1 aromatic carbocycles. The second-order valence-electron chi connectivity index (χ2n) is 4.18. The standard InChI is InChI=1S/C12H13F2NO2/c13-11(14)9-5-6-15(7-9)10-3-1-8(2-4-10)12(16)17/h1-4,9,11H,5-7H2,(H,16,17)/t9-/m0/s1. The predicted molar refractivity (Wildman–Crippen MR) is 59.7 cm³/mol. The van der Waals surface area contributed by atoms with Crippen molar-refractivity contribution in [2.24, 2.45) is 5.92 Å². The van der Waals surface area contributed by atoms with Gasteiger partial charge in [-0.3, -0.25) is 0 Å². The molecule has 92 valence electrons. The molecule has 1 aliphatic rings. The molecule has 0 unspecified atom stereocenters. The molecular formula is C12H13F2NO2. The van der Waals surface area contributed by atoms with Gasteiger partial charge in [0.2, 0.25) is 6.43 Å². The lowest BCUT2D eigenvalue weighted by atomic mass is 10.1. The van der Waals surface area contributed by atoms with Gasteiger partial charge in [-0.25, -0.2) is 13.6 Å². The first kappa shape index (κ1) is 11.8. The summed E-state index contributed by atoms with van der Waals surface area (Å²) >= 11 is 0. The van der Waals surface area contributed by atoms with Crippen LogP contribution >= 0.6 is 0 Å². The Hall–Kier alpha value is -1.65. The average Bonchev–Trinajstić information content (AvgIpc) is 2.78. The van der Waals surface area contributed by atoms with Gasteiger partial charge in [-0.15, -0.1) is 0 Å². The zero-order valence-corrected chi connectivity index (χ0v) is 9.14. The maximum Gasteiger partial charge on any atom is 0.335 e. The van der Waals surface area contributed by atoms with E-state index in [-0.39, 0.29) is 5.56 Å². The Morgan fingerprint density at radius 2 is 2.00 bits per heavy atom. The number of aromatic carboxylic acids is 1. The van der Waals surface area contributed by atoms with Crippen LogP contribution in [0.2, 0.25) is 0 Å². The van der Waals surface area contributed by atoms with Crippen LogP contribution in [0, 0.1) is 5.92 Å².